The van der Waals surface area contributed by atoms with Gasteiger partial charge in [-0.3, -0.25) is 0 Å². The SMILES string of the molecule is CCCN(C1CC1)S(=O)(=O)c1cnc(Cl)c(Cl)c1. The second kappa shape index (κ2) is 5.33. The van der Waals surface area contributed by atoms with Gasteiger partial charge in [0.15, 0.2) is 0 Å². The summed E-state index contributed by atoms with van der Waals surface area (Å²) in [4.78, 5) is 3.90. The first kappa shape index (κ1) is 14.1. The van der Waals surface area contributed by atoms with Crippen molar-refractivity contribution < 1.29 is 8.42 Å². The Bertz CT molecular complexity index is 544. The minimum absolute atomic E-state index is 0.109. The minimum atomic E-state index is -3.51. The molecule has 1 aromatic rings. The van der Waals surface area contributed by atoms with Gasteiger partial charge in [0, 0.05) is 18.8 Å². The molecule has 0 aromatic carbocycles. The number of aromatic nitrogens is 1. The van der Waals surface area contributed by atoms with Crippen molar-refractivity contribution in [3.63, 3.8) is 0 Å². The lowest BCUT2D eigenvalue weighted by atomic mass is 10.5. The maximum atomic E-state index is 12.5. The molecule has 0 unspecified atom stereocenters. The van der Waals surface area contributed by atoms with Crippen LogP contribution >= 0.6 is 23.2 Å². The van der Waals surface area contributed by atoms with E-state index in [9.17, 15) is 8.42 Å². The molecule has 1 aliphatic rings. The van der Waals surface area contributed by atoms with Crippen molar-refractivity contribution in [2.75, 3.05) is 6.54 Å². The van der Waals surface area contributed by atoms with E-state index in [4.69, 9.17) is 23.2 Å². The number of nitrogens with zero attached hydrogens (tertiary/aromatic N) is 2. The number of halogens is 2. The molecule has 0 radical (unpaired) electrons. The number of sulfonamides is 1. The van der Waals surface area contributed by atoms with Gasteiger partial charge in [0.1, 0.15) is 10.0 Å². The predicted octanol–water partition coefficient (Wildman–Crippen LogP) is 2.95. The molecular formula is C11H14Cl2N2O2S. The van der Waals surface area contributed by atoms with Crippen LogP contribution in [0.15, 0.2) is 17.2 Å². The van der Waals surface area contributed by atoms with E-state index in [1.165, 1.54) is 16.6 Å². The Hall–Kier alpha value is -0.360. The Morgan fingerprint density at radius 2 is 2.11 bits per heavy atom. The molecule has 1 fully saturated rings. The van der Waals surface area contributed by atoms with Crippen LogP contribution in [0.3, 0.4) is 0 Å². The zero-order chi connectivity index (χ0) is 13.3. The van der Waals surface area contributed by atoms with Crippen LogP contribution in [-0.4, -0.2) is 30.3 Å². The van der Waals surface area contributed by atoms with E-state index < -0.39 is 10.0 Å². The first-order valence-corrected chi connectivity index (χ1v) is 7.99. The van der Waals surface area contributed by atoms with Crippen LogP contribution in [0.2, 0.25) is 10.2 Å². The van der Waals surface area contributed by atoms with Crippen molar-refractivity contribution in [3.05, 3.63) is 22.4 Å². The average Bonchev–Trinajstić information content (AvgIpc) is 3.13. The zero-order valence-corrected chi connectivity index (χ0v) is 12.3. The van der Waals surface area contributed by atoms with Gasteiger partial charge in [-0.25, -0.2) is 13.4 Å². The van der Waals surface area contributed by atoms with Crippen LogP contribution in [0.4, 0.5) is 0 Å². The maximum Gasteiger partial charge on any atom is 0.244 e. The van der Waals surface area contributed by atoms with E-state index in [2.05, 4.69) is 4.98 Å². The molecule has 0 aliphatic heterocycles. The fraction of sp³-hybridized carbons (Fsp3) is 0.545. The fourth-order valence-corrected chi connectivity index (χ4v) is 3.85. The lowest BCUT2D eigenvalue weighted by Gasteiger charge is -2.21. The topological polar surface area (TPSA) is 50.3 Å². The van der Waals surface area contributed by atoms with Crippen LogP contribution in [0.1, 0.15) is 26.2 Å². The molecule has 4 nitrogen and oxygen atoms in total. The third kappa shape index (κ3) is 2.79. The molecule has 0 saturated heterocycles. The van der Waals surface area contributed by atoms with Gasteiger partial charge in [0.05, 0.1) is 5.02 Å². The van der Waals surface area contributed by atoms with Crippen molar-refractivity contribution in [2.24, 2.45) is 0 Å². The van der Waals surface area contributed by atoms with Gasteiger partial charge in [-0.1, -0.05) is 30.1 Å². The first-order valence-electron chi connectivity index (χ1n) is 5.79. The van der Waals surface area contributed by atoms with E-state index in [0.29, 0.717) is 6.54 Å². The largest absolute Gasteiger partial charge is 0.244 e. The van der Waals surface area contributed by atoms with E-state index in [0.717, 1.165) is 19.3 Å². The van der Waals surface area contributed by atoms with Gasteiger partial charge < -0.3 is 0 Å². The van der Waals surface area contributed by atoms with E-state index in [1.54, 1.807) is 0 Å². The highest BCUT2D eigenvalue weighted by molar-refractivity contribution is 7.89. The summed E-state index contributed by atoms with van der Waals surface area (Å²) in [7, 11) is -3.51. The molecule has 1 saturated carbocycles. The molecule has 0 amide bonds. The first-order chi connectivity index (χ1) is 8.46. The molecule has 1 heterocycles. The smallest absolute Gasteiger partial charge is 0.242 e. The molecule has 0 bridgehead atoms. The number of rotatable bonds is 5. The normalized spacial score (nSPS) is 16.2. The molecule has 0 N–H and O–H groups in total. The van der Waals surface area contributed by atoms with Crippen LogP contribution in [-0.2, 0) is 10.0 Å². The Kier molecular flexibility index (Phi) is 4.16. The summed E-state index contributed by atoms with van der Waals surface area (Å²) in [5.41, 5.74) is 0. The van der Waals surface area contributed by atoms with Gasteiger partial charge in [-0.05, 0) is 25.3 Å². The van der Waals surface area contributed by atoms with Crippen LogP contribution in [0.5, 0.6) is 0 Å². The third-order valence-electron chi connectivity index (χ3n) is 2.78. The van der Waals surface area contributed by atoms with E-state index in [1.807, 2.05) is 6.92 Å². The second-order valence-corrected chi connectivity index (χ2v) is 6.95. The van der Waals surface area contributed by atoms with Crippen molar-refractivity contribution in [2.45, 2.75) is 37.1 Å². The van der Waals surface area contributed by atoms with Crippen molar-refractivity contribution in [1.29, 1.82) is 0 Å². The number of hydrogen-bond acceptors (Lipinski definition) is 3. The van der Waals surface area contributed by atoms with Crippen LogP contribution in [0.25, 0.3) is 0 Å². The van der Waals surface area contributed by atoms with Crippen molar-refractivity contribution >= 4 is 33.2 Å². The highest BCUT2D eigenvalue weighted by atomic mass is 35.5. The van der Waals surface area contributed by atoms with Gasteiger partial charge in [0.2, 0.25) is 10.0 Å². The summed E-state index contributed by atoms with van der Waals surface area (Å²) in [6, 6.07) is 1.49. The Labute approximate surface area is 117 Å². The Morgan fingerprint density at radius 1 is 1.44 bits per heavy atom. The standard InChI is InChI=1S/C11H14Cl2N2O2S/c1-2-5-15(8-3-4-8)18(16,17)9-6-10(12)11(13)14-7-9/h6-8H,2-5H2,1H3. The molecule has 7 heteroatoms. The molecule has 0 atom stereocenters. The second-order valence-electron chi connectivity index (χ2n) is 4.29. The molecule has 1 aliphatic carbocycles. The average molecular weight is 309 g/mol. The lowest BCUT2D eigenvalue weighted by Crippen LogP contribution is -2.33. The highest BCUT2D eigenvalue weighted by Crippen LogP contribution is 2.33. The van der Waals surface area contributed by atoms with Gasteiger partial charge in [0.25, 0.3) is 0 Å². The quantitative estimate of drug-likeness (QED) is 0.786. The summed E-state index contributed by atoms with van der Waals surface area (Å²) < 4.78 is 26.4. The summed E-state index contributed by atoms with van der Waals surface area (Å²) >= 11 is 11.5. The number of hydrogen-bond donors (Lipinski definition) is 0. The van der Waals surface area contributed by atoms with E-state index in [-0.39, 0.29) is 21.1 Å². The summed E-state index contributed by atoms with van der Waals surface area (Å²) in [6.45, 7) is 2.48. The molecule has 18 heavy (non-hydrogen) atoms. The highest BCUT2D eigenvalue weighted by Gasteiger charge is 2.37. The monoisotopic (exact) mass is 308 g/mol. The Morgan fingerprint density at radius 3 is 2.61 bits per heavy atom. The van der Waals surface area contributed by atoms with Crippen LogP contribution < -0.4 is 0 Å². The maximum absolute atomic E-state index is 12.5. The van der Waals surface area contributed by atoms with Gasteiger partial charge in [-0.15, -0.1) is 0 Å². The molecular weight excluding hydrogens is 295 g/mol. The molecule has 2 rings (SSSR count). The predicted molar refractivity (Wildman–Crippen MR) is 71.5 cm³/mol. The number of pyridine rings is 1. The van der Waals surface area contributed by atoms with Crippen molar-refractivity contribution in [3.8, 4) is 0 Å². The van der Waals surface area contributed by atoms with Gasteiger partial charge in [-0.2, -0.15) is 4.31 Å². The fourth-order valence-electron chi connectivity index (χ4n) is 1.76. The molecule has 100 valence electrons. The minimum Gasteiger partial charge on any atom is -0.242 e. The summed E-state index contributed by atoms with van der Waals surface area (Å²) in [5.74, 6) is 0. The molecule has 0 spiro atoms. The van der Waals surface area contributed by atoms with Crippen molar-refractivity contribution in [1.82, 2.24) is 9.29 Å². The lowest BCUT2D eigenvalue weighted by molar-refractivity contribution is 0.403. The zero-order valence-electron chi connectivity index (χ0n) is 9.94. The Balaban J connectivity index is 2.36. The van der Waals surface area contributed by atoms with Gasteiger partial charge >= 0.3 is 0 Å². The summed E-state index contributed by atoms with van der Waals surface area (Å²) in [5, 5.41) is 0.272. The third-order valence-corrected chi connectivity index (χ3v) is 5.38. The van der Waals surface area contributed by atoms with E-state index >= 15 is 0 Å². The van der Waals surface area contributed by atoms with Crippen LogP contribution in [0, 0.1) is 0 Å². The summed E-state index contributed by atoms with van der Waals surface area (Å²) in [6.07, 6.45) is 3.89. The molecule has 1 aromatic heterocycles.